The fourth-order valence-electron chi connectivity index (χ4n) is 2.50. The molecule has 27 heavy (non-hydrogen) atoms. The Morgan fingerprint density at radius 1 is 1.15 bits per heavy atom. The normalized spacial score (nSPS) is 11.0. The molecule has 0 unspecified atom stereocenters. The molecule has 1 amide bonds. The average molecular weight is 400 g/mol. The Balaban J connectivity index is 1.65. The van der Waals surface area contributed by atoms with Crippen LogP contribution in [0.15, 0.2) is 58.6 Å². The first-order chi connectivity index (χ1) is 13.1. The molecule has 0 aliphatic rings. The van der Waals surface area contributed by atoms with Crippen molar-refractivity contribution < 1.29 is 4.79 Å². The number of carbonyl (C=O) groups excluding carboxylic acids is 1. The molecule has 3 aromatic rings. The Kier molecular flexibility index (Phi) is 6.52. The van der Waals surface area contributed by atoms with E-state index in [1.807, 2.05) is 42.7 Å². The van der Waals surface area contributed by atoms with E-state index >= 15 is 0 Å². The lowest BCUT2D eigenvalue weighted by Crippen LogP contribution is -2.15. The lowest BCUT2D eigenvalue weighted by molar-refractivity contribution is -0.113. The number of thioether (sulfide) groups is 2. The van der Waals surface area contributed by atoms with E-state index in [1.54, 1.807) is 16.4 Å². The minimum atomic E-state index is -0.0915. The third-order valence-corrected chi connectivity index (χ3v) is 5.67. The maximum atomic E-state index is 12.3. The van der Waals surface area contributed by atoms with Crippen LogP contribution in [-0.2, 0) is 4.79 Å². The zero-order chi connectivity index (χ0) is 19.2. The second kappa shape index (κ2) is 9.05. The smallest absolute Gasteiger partial charge is 0.234 e. The quantitative estimate of drug-likeness (QED) is 0.599. The topological polar surface area (TPSA) is 72.7 Å². The number of amides is 1. The van der Waals surface area contributed by atoms with Gasteiger partial charge in [0.25, 0.3) is 0 Å². The third-order valence-electron chi connectivity index (χ3n) is 3.96. The van der Waals surface area contributed by atoms with Gasteiger partial charge in [0.2, 0.25) is 11.1 Å². The van der Waals surface area contributed by atoms with Crippen molar-refractivity contribution in [2.75, 3.05) is 17.3 Å². The number of anilines is 1. The van der Waals surface area contributed by atoms with Crippen molar-refractivity contribution in [3.63, 3.8) is 0 Å². The molecule has 140 valence electrons. The van der Waals surface area contributed by atoms with Gasteiger partial charge in [-0.25, -0.2) is 0 Å². The van der Waals surface area contributed by atoms with E-state index in [9.17, 15) is 4.79 Å². The van der Waals surface area contributed by atoms with E-state index in [0.717, 1.165) is 16.3 Å². The number of para-hydroxylation sites is 1. The summed E-state index contributed by atoms with van der Waals surface area (Å²) in [6, 6.07) is 15.9. The number of hydrogen-bond acceptors (Lipinski definition) is 6. The molecule has 2 aromatic carbocycles. The van der Waals surface area contributed by atoms with Gasteiger partial charge in [-0.15, -0.1) is 16.9 Å². The van der Waals surface area contributed by atoms with Gasteiger partial charge in [-0.3, -0.25) is 4.79 Å². The fraction of sp³-hybridized carbons (Fsp3) is 0.263. The molecule has 0 atom stereocenters. The maximum Gasteiger partial charge on any atom is 0.234 e. The van der Waals surface area contributed by atoms with E-state index in [2.05, 4.69) is 46.8 Å². The summed E-state index contributed by atoms with van der Waals surface area (Å²) in [5, 5.41) is 15.4. The van der Waals surface area contributed by atoms with Crippen LogP contribution in [-0.4, -0.2) is 38.1 Å². The summed E-state index contributed by atoms with van der Waals surface area (Å²) in [4.78, 5) is 13.4. The van der Waals surface area contributed by atoms with Gasteiger partial charge in [0, 0.05) is 4.90 Å². The number of tetrazole rings is 1. The predicted molar refractivity (Wildman–Crippen MR) is 111 cm³/mol. The van der Waals surface area contributed by atoms with E-state index < -0.39 is 0 Å². The van der Waals surface area contributed by atoms with Crippen molar-refractivity contribution in [2.45, 2.75) is 29.8 Å². The summed E-state index contributed by atoms with van der Waals surface area (Å²) in [5.41, 5.74) is 2.95. The van der Waals surface area contributed by atoms with Crippen molar-refractivity contribution in [3.8, 4) is 5.69 Å². The number of nitrogens with one attached hydrogen (secondary N) is 1. The molecule has 6 nitrogen and oxygen atoms in total. The van der Waals surface area contributed by atoms with Gasteiger partial charge in [-0.05, 0) is 52.4 Å². The molecule has 1 N–H and O–H groups in total. The van der Waals surface area contributed by atoms with Crippen molar-refractivity contribution in [1.29, 1.82) is 0 Å². The summed E-state index contributed by atoms with van der Waals surface area (Å²) in [6.07, 6.45) is 1.98. The van der Waals surface area contributed by atoms with E-state index in [0.29, 0.717) is 11.1 Å². The van der Waals surface area contributed by atoms with E-state index in [-0.39, 0.29) is 11.7 Å². The molecule has 0 saturated heterocycles. The molecule has 1 heterocycles. The summed E-state index contributed by atoms with van der Waals surface area (Å²) in [6.45, 7) is 4.31. The Labute approximate surface area is 167 Å². The molecule has 0 spiro atoms. The van der Waals surface area contributed by atoms with E-state index in [4.69, 9.17) is 0 Å². The van der Waals surface area contributed by atoms with Crippen LogP contribution in [0.3, 0.4) is 0 Å². The molecule has 0 saturated carbocycles. The van der Waals surface area contributed by atoms with Crippen LogP contribution in [0, 0.1) is 0 Å². The Morgan fingerprint density at radius 2 is 1.89 bits per heavy atom. The van der Waals surface area contributed by atoms with Crippen LogP contribution in [0.2, 0.25) is 0 Å². The number of carbonyl (C=O) groups is 1. The lowest BCUT2D eigenvalue weighted by Gasteiger charge is -2.09. The number of aromatic nitrogens is 4. The molecular weight excluding hydrogens is 378 g/mol. The highest BCUT2D eigenvalue weighted by Crippen LogP contribution is 2.25. The SMILES string of the molecule is CSc1ccccc1NC(=O)CSc1nnnn1-c1ccc(C(C)C)cc1. The lowest BCUT2D eigenvalue weighted by atomic mass is 10.0. The summed E-state index contributed by atoms with van der Waals surface area (Å²) < 4.78 is 1.65. The second-order valence-electron chi connectivity index (χ2n) is 6.16. The third kappa shape index (κ3) is 4.90. The second-order valence-corrected chi connectivity index (χ2v) is 7.95. The van der Waals surface area contributed by atoms with Crippen molar-refractivity contribution in [2.24, 2.45) is 0 Å². The first-order valence-corrected chi connectivity index (χ1v) is 10.7. The standard InChI is InChI=1S/C19H21N5OS2/c1-13(2)14-8-10-15(11-9-14)24-19(21-22-23-24)27-12-18(25)20-16-6-4-5-7-17(16)26-3/h4-11,13H,12H2,1-3H3,(H,20,25). The van der Waals surface area contributed by atoms with Gasteiger partial charge in [0.1, 0.15) is 0 Å². The molecular formula is C19H21N5OS2. The average Bonchev–Trinajstić information content (AvgIpc) is 3.15. The monoisotopic (exact) mass is 399 g/mol. The summed E-state index contributed by atoms with van der Waals surface area (Å²) in [5.74, 6) is 0.605. The number of nitrogens with zero attached hydrogens (tertiary/aromatic N) is 4. The minimum Gasteiger partial charge on any atom is -0.324 e. The zero-order valence-corrected chi connectivity index (χ0v) is 17.0. The highest BCUT2D eigenvalue weighted by atomic mass is 32.2. The highest BCUT2D eigenvalue weighted by Gasteiger charge is 2.13. The van der Waals surface area contributed by atoms with Crippen LogP contribution < -0.4 is 5.32 Å². The van der Waals surface area contributed by atoms with Crippen molar-refractivity contribution in [3.05, 3.63) is 54.1 Å². The number of benzene rings is 2. The Hall–Kier alpha value is -2.32. The predicted octanol–water partition coefficient (Wildman–Crippen LogP) is 4.24. The van der Waals surface area contributed by atoms with Gasteiger partial charge in [0.15, 0.2) is 0 Å². The molecule has 8 heteroatoms. The molecule has 3 rings (SSSR count). The first kappa shape index (κ1) is 19.4. The molecule has 0 aliphatic carbocycles. The Morgan fingerprint density at radius 3 is 2.59 bits per heavy atom. The van der Waals surface area contributed by atoms with Crippen LogP contribution in [0.25, 0.3) is 5.69 Å². The van der Waals surface area contributed by atoms with E-state index in [1.165, 1.54) is 17.3 Å². The van der Waals surface area contributed by atoms with Gasteiger partial charge in [-0.1, -0.05) is 49.9 Å². The maximum absolute atomic E-state index is 12.3. The molecule has 0 fully saturated rings. The highest BCUT2D eigenvalue weighted by molar-refractivity contribution is 7.99. The first-order valence-electron chi connectivity index (χ1n) is 8.53. The number of hydrogen-bond donors (Lipinski definition) is 1. The summed E-state index contributed by atoms with van der Waals surface area (Å²) >= 11 is 2.91. The van der Waals surface area contributed by atoms with Gasteiger partial charge in [0.05, 0.1) is 17.1 Å². The van der Waals surface area contributed by atoms with Gasteiger partial charge in [-0.2, -0.15) is 4.68 Å². The number of rotatable bonds is 7. The van der Waals surface area contributed by atoms with Crippen LogP contribution >= 0.6 is 23.5 Å². The van der Waals surface area contributed by atoms with Crippen LogP contribution in [0.1, 0.15) is 25.3 Å². The van der Waals surface area contributed by atoms with Crippen LogP contribution in [0.5, 0.6) is 0 Å². The van der Waals surface area contributed by atoms with Gasteiger partial charge >= 0.3 is 0 Å². The van der Waals surface area contributed by atoms with Gasteiger partial charge < -0.3 is 5.32 Å². The molecule has 1 aromatic heterocycles. The van der Waals surface area contributed by atoms with Crippen molar-refractivity contribution in [1.82, 2.24) is 20.2 Å². The minimum absolute atomic E-state index is 0.0915. The molecule has 0 bridgehead atoms. The summed E-state index contributed by atoms with van der Waals surface area (Å²) in [7, 11) is 0. The fourth-order valence-corrected chi connectivity index (χ4v) is 3.74. The van der Waals surface area contributed by atoms with Crippen LogP contribution in [0.4, 0.5) is 5.69 Å². The largest absolute Gasteiger partial charge is 0.324 e. The Bertz CT molecular complexity index is 908. The van der Waals surface area contributed by atoms with Crippen molar-refractivity contribution >= 4 is 35.1 Å². The zero-order valence-electron chi connectivity index (χ0n) is 15.4. The molecule has 0 aliphatic heterocycles. The molecule has 0 radical (unpaired) electrons.